The zero-order chi connectivity index (χ0) is 8.97. The molecule has 0 aromatic carbocycles. The first-order valence-corrected chi connectivity index (χ1v) is 5.26. The van der Waals surface area contributed by atoms with Gasteiger partial charge in [0.25, 0.3) is 0 Å². The van der Waals surface area contributed by atoms with Crippen LogP contribution >= 0.6 is 11.8 Å². The summed E-state index contributed by atoms with van der Waals surface area (Å²) >= 11 is 1.95. The van der Waals surface area contributed by atoms with Crippen molar-refractivity contribution in [1.29, 1.82) is 0 Å². The number of methoxy groups -OCH3 is 1. The Hall–Kier alpha value is -0.440. The van der Waals surface area contributed by atoms with E-state index in [2.05, 4.69) is 4.74 Å². The minimum atomic E-state index is -0.170. The molecule has 0 aromatic heterocycles. The van der Waals surface area contributed by atoms with Crippen molar-refractivity contribution in [1.82, 2.24) is 0 Å². The molecule has 0 atom stereocenters. The number of allylic oxidation sites excluding steroid dienone is 1. The van der Waals surface area contributed by atoms with Gasteiger partial charge < -0.3 is 4.74 Å². The summed E-state index contributed by atoms with van der Waals surface area (Å²) in [6, 6.07) is 0. The predicted octanol–water partition coefficient (Wildman–Crippen LogP) is 2.00. The molecule has 1 fully saturated rings. The third kappa shape index (κ3) is 2.27. The maximum atomic E-state index is 11.1. The third-order valence-corrected chi connectivity index (χ3v) is 3.10. The Labute approximate surface area is 77.4 Å². The fourth-order valence-corrected chi connectivity index (χ4v) is 2.28. The summed E-state index contributed by atoms with van der Waals surface area (Å²) in [4.78, 5) is 11.1. The van der Waals surface area contributed by atoms with Gasteiger partial charge in [-0.2, -0.15) is 11.8 Å². The van der Waals surface area contributed by atoms with Crippen LogP contribution in [0, 0.1) is 0 Å². The molecule has 0 bridgehead atoms. The number of ether oxygens (including phenoxy) is 1. The van der Waals surface area contributed by atoms with E-state index in [9.17, 15) is 4.79 Å². The standard InChI is InChI=1S/C9H14O2S/c1-7(9(10)11-2)8-3-5-12-6-4-8/h3-6H2,1-2H3. The lowest BCUT2D eigenvalue weighted by molar-refractivity contribution is -0.136. The predicted molar refractivity (Wildman–Crippen MR) is 51.3 cm³/mol. The fraction of sp³-hybridized carbons (Fsp3) is 0.667. The minimum absolute atomic E-state index is 0.170. The minimum Gasteiger partial charge on any atom is -0.466 e. The highest BCUT2D eigenvalue weighted by Crippen LogP contribution is 2.24. The summed E-state index contributed by atoms with van der Waals surface area (Å²) in [5.74, 6) is 2.12. The Morgan fingerprint density at radius 1 is 1.42 bits per heavy atom. The second-order valence-electron chi connectivity index (χ2n) is 2.83. The molecule has 1 aliphatic rings. The van der Waals surface area contributed by atoms with E-state index in [4.69, 9.17) is 0 Å². The SMILES string of the molecule is COC(=O)C(C)=C1CCSCC1. The highest BCUT2D eigenvalue weighted by atomic mass is 32.2. The lowest BCUT2D eigenvalue weighted by Gasteiger charge is -2.15. The van der Waals surface area contributed by atoms with Gasteiger partial charge in [0.05, 0.1) is 7.11 Å². The van der Waals surface area contributed by atoms with Crippen LogP contribution in [0.3, 0.4) is 0 Å². The van der Waals surface area contributed by atoms with Crippen molar-refractivity contribution in [3.05, 3.63) is 11.1 Å². The molecule has 1 saturated heterocycles. The van der Waals surface area contributed by atoms with E-state index in [-0.39, 0.29) is 5.97 Å². The summed E-state index contributed by atoms with van der Waals surface area (Å²) in [6.45, 7) is 1.86. The van der Waals surface area contributed by atoms with Gasteiger partial charge in [-0.3, -0.25) is 0 Å². The number of carbonyl (C=O) groups is 1. The number of rotatable bonds is 1. The van der Waals surface area contributed by atoms with Gasteiger partial charge in [0, 0.05) is 5.57 Å². The Balaban J connectivity index is 2.66. The highest BCUT2D eigenvalue weighted by molar-refractivity contribution is 7.99. The van der Waals surface area contributed by atoms with Crippen LogP contribution in [0.25, 0.3) is 0 Å². The molecule has 0 amide bonds. The number of thioether (sulfide) groups is 1. The first kappa shape index (κ1) is 9.65. The molecule has 0 N–H and O–H groups in total. The fourth-order valence-electron chi connectivity index (χ4n) is 1.29. The van der Waals surface area contributed by atoms with Crippen molar-refractivity contribution in [3.63, 3.8) is 0 Å². The molecule has 0 spiro atoms. The zero-order valence-corrected chi connectivity index (χ0v) is 8.37. The summed E-state index contributed by atoms with van der Waals surface area (Å²) in [5.41, 5.74) is 2.10. The molecule has 1 aliphatic heterocycles. The average molecular weight is 186 g/mol. The number of hydrogen-bond donors (Lipinski definition) is 0. The quantitative estimate of drug-likeness (QED) is 0.463. The lowest BCUT2D eigenvalue weighted by atomic mass is 10.0. The van der Waals surface area contributed by atoms with E-state index in [1.54, 1.807) is 0 Å². The molecule has 12 heavy (non-hydrogen) atoms. The Bertz CT molecular complexity index is 201. The first-order chi connectivity index (χ1) is 5.75. The van der Waals surface area contributed by atoms with Crippen molar-refractivity contribution in [2.75, 3.05) is 18.6 Å². The number of hydrogen-bond acceptors (Lipinski definition) is 3. The molecular formula is C9H14O2S. The van der Waals surface area contributed by atoms with E-state index >= 15 is 0 Å². The smallest absolute Gasteiger partial charge is 0.333 e. The van der Waals surface area contributed by atoms with Crippen LogP contribution in [0.15, 0.2) is 11.1 Å². The highest BCUT2D eigenvalue weighted by Gasteiger charge is 2.13. The first-order valence-electron chi connectivity index (χ1n) is 4.10. The number of esters is 1. The Kier molecular flexibility index (Phi) is 3.66. The van der Waals surface area contributed by atoms with E-state index < -0.39 is 0 Å². The average Bonchev–Trinajstić information content (AvgIpc) is 2.17. The number of carbonyl (C=O) groups excluding carboxylic acids is 1. The van der Waals surface area contributed by atoms with Gasteiger partial charge in [0.15, 0.2) is 0 Å². The van der Waals surface area contributed by atoms with Gasteiger partial charge in [-0.1, -0.05) is 5.57 Å². The molecule has 0 aliphatic carbocycles. The van der Waals surface area contributed by atoms with Crippen molar-refractivity contribution < 1.29 is 9.53 Å². The molecular weight excluding hydrogens is 172 g/mol. The lowest BCUT2D eigenvalue weighted by Crippen LogP contribution is -2.08. The summed E-state index contributed by atoms with van der Waals surface area (Å²) in [7, 11) is 1.43. The molecule has 0 saturated carbocycles. The normalized spacial score (nSPS) is 17.3. The molecule has 0 radical (unpaired) electrons. The van der Waals surface area contributed by atoms with Gasteiger partial charge in [0.1, 0.15) is 0 Å². The van der Waals surface area contributed by atoms with Crippen LogP contribution in [-0.4, -0.2) is 24.6 Å². The van der Waals surface area contributed by atoms with Gasteiger partial charge in [-0.25, -0.2) is 4.79 Å². The summed E-state index contributed by atoms with van der Waals surface area (Å²) in [5, 5.41) is 0. The Morgan fingerprint density at radius 2 is 2.00 bits per heavy atom. The van der Waals surface area contributed by atoms with Crippen molar-refractivity contribution >= 4 is 17.7 Å². The van der Waals surface area contributed by atoms with Crippen molar-refractivity contribution in [2.45, 2.75) is 19.8 Å². The molecule has 0 unspecified atom stereocenters. The van der Waals surface area contributed by atoms with Crippen LogP contribution in [0.1, 0.15) is 19.8 Å². The van der Waals surface area contributed by atoms with E-state index in [1.165, 1.54) is 12.7 Å². The molecule has 68 valence electrons. The maximum Gasteiger partial charge on any atom is 0.333 e. The second-order valence-corrected chi connectivity index (χ2v) is 4.06. The van der Waals surface area contributed by atoms with Gasteiger partial charge in [-0.15, -0.1) is 0 Å². The molecule has 1 heterocycles. The molecule has 1 rings (SSSR count). The zero-order valence-electron chi connectivity index (χ0n) is 7.55. The van der Waals surface area contributed by atoms with E-state index in [0.29, 0.717) is 0 Å². The summed E-state index contributed by atoms with van der Waals surface area (Å²) < 4.78 is 4.66. The maximum absolute atomic E-state index is 11.1. The third-order valence-electron chi connectivity index (χ3n) is 2.12. The van der Waals surface area contributed by atoms with Gasteiger partial charge in [0.2, 0.25) is 0 Å². The van der Waals surface area contributed by atoms with Crippen LogP contribution in [0.2, 0.25) is 0 Å². The molecule has 3 heteroatoms. The molecule has 0 aromatic rings. The van der Waals surface area contributed by atoms with Crippen LogP contribution in [-0.2, 0) is 9.53 Å². The largest absolute Gasteiger partial charge is 0.466 e. The van der Waals surface area contributed by atoms with Crippen LogP contribution in [0.4, 0.5) is 0 Å². The topological polar surface area (TPSA) is 26.3 Å². The molecule has 2 nitrogen and oxygen atoms in total. The summed E-state index contributed by atoms with van der Waals surface area (Å²) in [6.07, 6.45) is 2.09. The van der Waals surface area contributed by atoms with Crippen LogP contribution < -0.4 is 0 Å². The second kappa shape index (κ2) is 4.55. The monoisotopic (exact) mass is 186 g/mol. The van der Waals surface area contributed by atoms with Crippen molar-refractivity contribution in [2.24, 2.45) is 0 Å². The van der Waals surface area contributed by atoms with Crippen molar-refractivity contribution in [3.8, 4) is 0 Å². The van der Waals surface area contributed by atoms with E-state index in [0.717, 1.165) is 29.9 Å². The van der Waals surface area contributed by atoms with Crippen LogP contribution in [0.5, 0.6) is 0 Å². The van der Waals surface area contributed by atoms with E-state index in [1.807, 2.05) is 18.7 Å². The Morgan fingerprint density at radius 3 is 2.50 bits per heavy atom. The van der Waals surface area contributed by atoms with Gasteiger partial charge in [-0.05, 0) is 31.3 Å². The van der Waals surface area contributed by atoms with Gasteiger partial charge >= 0.3 is 5.97 Å².